The third-order valence-electron chi connectivity index (χ3n) is 3.03. The second-order valence-corrected chi connectivity index (χ2v) is 5.28. The minimum absolute atomic E-state index is 0.663. The topological polar surface area (TPSA) is 52.5 Å². The summed E-state index contributed by atoms with van der Waals surface area (Å²) >= 11 is 3.47. The van der Waals surface area contributed by atoms with Crippen LogP contribution in [-0.4, -0.2) is 10.2 Å². The maximum Gasteiger partial charge on any atom is 0.0991 e. The van der Waals surface area contributed by atoms with Crippen LogP contribution in [0, 0.1) is 11.3 Å². The minimum Gasteiger partial charge on any atom is -0.277 e. The normalized spacial score (nSPS) is 11.0. The standard InChI is InChI=1S/C16H10BrN3/c17-13-6-8-16-14(9-13)15(19-20-16)7-5-11-1-3-12(10-18)4-2-11/h1-9H,(H,19,20). The molecule has 0 saturated heterocycles. The Morgan fingerprint density at radius 3 is 2.65 bits per heavy atom. The van der Waals surface area contributed by atoms with Crippen molar-refractivity contribution in [3.05, 3.63) is 63.8 Å². The summed E-state index contributed by atoms with van der Waals surface area (Å²) in [6, 6.07) is 15.6. The van der Waals surface area contributed by atoms with Crippen molar-refractivity contribution in [1.82, 2.24) is 10.2 Å². The highest BCUT2D eigenvalue weighted by Crippen LogP contribution is 2.22. The smallest absolute Gasteiger partial charge is 0.0991 e. The molecule has 3 nitrogen and oxygen atoms in total. The first-order valence-electron chi connectivity index (χ1n) is 6.08. The minimum atomic E-state index is 0.663. The van der Waals surface area contributed by atoms with E-state index in [1.165, 1.54) is 0 Å². The average molecular weight is 324 g/mol. The van der Waals surface area contributed by atoms with E-state index in [0.29, 0.717) is 5.56 Å². The maximum absolute atomic E-state index is 8.77. The van der Waals surface area contributed by atoms with E-state index in [2.05, 4.69) is 32.2 Å². The highest BCUT2D eigenvalue weighted by molar-refractivity contribution is 9.10. The van der Waals surface area contributed by atoms with Crippen molar-refractivity contribution in [3.63, 3.8) is 0 Å². The fraction of sp³-hybridized carbons (Fsp3) is 0. The Hall–Kier alpha value is -2.38. The van der Waals surface area contributed by atoms with E-state index < -0.39 is 0 Å². The van der Waals surface area contributed by atoms with Crippen LogP contribution in [0.1, 0.15) is 16.8 Å². The van der Waals surface area contributed by atoms with Gasteiger partial charge < -0.3 is 0 Å². The SMILES string of the molecule is N#Cc1ccc(C=Cc2n[nH]c3ccc(Br)cc23)cc1. The molecule has 0 atom stereocenters. The molecule has 2 aromatic carbocycles. The summed E-state index contributed by atoms with van der Waals surface area (Å²) in [4.78, 5) is 0. The van der Waals surface area contributed by atoms with Gasteiger partial charge >= 0.3 is 0 Å². The summed E-state index contributed by atoms with van der Waals surface area (Å²) in [6.45, 7) is 0. The van der Waals surface area contributed by atoms with Gasteiger partial charge in [-0.15, -0.1) is 0 Å². The average Bonchev–Trinajstić information content (AvgIpc) is 2.88. The molecule has 1 heterocycles. The first kappa shape index (κ1) is 12.6. The highest BCUT2D eigenvalue weighted by Gasteiger charge is 2.02. The number of aromatic nitrogens is 2. The Labute approximate surface area is 124 Å². The molecule has 0 bridgehead atoms. The van der Waals surface area contributed by atoms with Gasteiger partial charge in [0.1, 0.15) is 0 Å². The number of aromatic amines is 1. The Balaban J connectivity index is 1.94. The van der Waals surface area contributed by atoms with Crippen molar-refractivity contribution in [2.24, 2.45) is 0 Å². The second kappa shape index (κ2) is 5.32. The van der Waals surface area contributed by atoms with Crippen LogP contribution in [0.4, 0.5) is 0 Å². The summed E-state index contributed by atoms with van der Waals surface area (Å²) in [7, 11) is 0. The first-order chi connectivity index (χ1) is 9.76. The number of rotatable bonds is 2. The van der Waals surface area contributed by atoms with Crippen molar-refractivity contribution >= 4 is 39.0 Å². The summed E-state index contributed by atoms with van der Waals surface area (Å²) in [5, 5.41) is 17.1. The Morgan fingerprint density at radius 1 is 1.10 bits per heavy atom. The quantitative estimate of drug-likeness (QED) is 0.761. The number of nitriles is 1. The number of nitrogens with zero attached hydrogens (tertiary/aromatic N) is 2. The number of halogens is 1. The molecule has 0 unspecified atom stereocenters. The third-order valence-corrected chi connectivity index (χ3v) is 3.52. The summed E-state index contributed by atoms with van der Waals surface area (Å²) in [5.74, 6) is 0. The van der Waals surface area contributed by atoms with E-state index in [1.807, 2.05) is 42.5 Å². The molecule has 4 heteroatoms. The number of benzene rings is 2. The van der Waals surface area contributed by atoms with Crippen LogP contribution in [0.5, 0.6) is 0 Å². The summed E-state index contributed by atoms with van der Waals surface area (Å²) in [6.07, 6.45) is 3.95. The van der Waals surface area contributed by atoms with E-state index >= 15 is 0 Å². The molecule has 96 valence electrons. The zero-order chi connectivity index (χ0) is 13.9. The van der Waals surface area contributed by atoms with Crippen LogP contribution in [-0.2, 0) is 0 Å². The van der Waals surface area contributed by atoms with Gasteiger partial charge in [-0.1, -0.05) is 34.1 Å². The molecular weight excluding hydrogens is 314 g/mol. The van der Waals surface area contributed by atoms with Gasteiger partial charge in [-0.2, -0.15) is 10.4 Å². The van der Waals surface area contributed by atoms with E-state index in [-0.39, 0.29) is 0 Å². The van der Waals surface area contributed by atoms with Crippen LogP contribution in [0.25, 0.3) is 23.1 Å². The summed E-state index contributed by atoms with van der Waals surface area (Å²) in [5.41, 5.74) is 3.60. The molecule has 3 rings (SSSR count). The van der Waals surface area contributed by atoms with Crippen LogP contribution in [0.2, 0.25) is 0 Å². The number of nitrogens with one attached hydrogen (secondary N) is 1. The largest absolute Gasteiger partial charge is 0.277 e. The molecule has 0 aliphatic rings. The van der Waals surface area contributed by atoms with E-state index in [0.717, 1.165) is 26.6 Å². The van der Waals surface area contributed by atoms with Crippen LogP contribution in [0.15, 0.2) is 46.9 Å². The predicted octanol–water partition coefficient (Wildman–Crippen LogP) is 4.37. The van der Waals surface area contributed by atoms with Crippen molar-refractivity contribution in [3.8, 4) is 6.07 Å². The lowest BCUT2D eigenvalue weighted by Crippen LogP contribution is -1.76. The first-order valence-corrected chi connectivity index (χ1v) is 6.87. The Morgan fingerprint density at radius 2 is 1.90 bits per heavy atom. The number of fused-ring (bicyclic) bond motifs is 1. The molecular formula is C16H10BrN3. The second-order valence-electron chi connectivity index (χ2n) is 4.37. The Kier molecular flexibility index (Phi) is 3.36. The molecule has 3 aromatic rings. The third kappa shape index (κ3) is 2.49. The van der Waals surface area contributed by atoms with Crippen LogP contribution < -0.4 is 0 Å². The fourth-order valence-electron chi connectivity index (χ4n) is 1.98. The molecule has 0 fully saturated rings. The van der Waals surface area contributed by atoms with Crippen molar-refractivity contribution < 1.29 is 0 Å². The molecule has 0 radical (unpaired) electrons. The lowest BCUT2D eigenvalue weighted by atomic mass is 10.1. The lowest BCUT2D eigenvalue weighted by Gasteiger charge is -1.94. The van der Waals surface area contributed by atoms with E-state index in [1.54, 1.807) is 12.1 Å². The maximum atomic E-state index is 8.77. The fourth-order valence-corrected chi connectivity index (χ4v) is 2.34. The van der Waals surface area contributed by atoms with Gasteiger partial charge in [-0.05, 0) is 42.0 Å². The molecule has 0 amide bonds. The van der Waals surface area contributed by atoms with Gasteiger partial charge in [-0.3, -0.25) is 5.10 Å². The molecule has 1 N–H and O–H groups in total. The number of hydrogen-bond donors (Lipinski definition) is 1. The zero-order valence-electron chi connectivity index (χ0n) is 10.5. The van der Waals surface area contributed by atoms with Gasteiger partial charge in [0.15, 0.2) is 0 Å². The van der Waals surface area contributed by atoms with Crippen LogP contribution >= 0.6 is 15.9 Å². The van der Waals surface area contributed by atoms with E-state index in [9.17, 15) is 0 Å². The molecule has 0 saturated carbocycles. The zero-order valence-corrected chi connectivity index (χ0v) is 12.1. The van der Waals surface area contributed by atoms with Crippen LogP contribution in [0.3, 0.4) is 0 Å². The monoisotopic (exact) mass is 323 g/mol. The Bertz CT molecular complexity index is 823. The molecule has 20 heavy (non-hydrogen) atoms. The molecule has 0 aliphatic carbocycles. The number of H-pyrrole nitrogens is 1. The number of hydrogen-bond acceptors (Lipinski definition) is 2. The van der Waals surface area contributed by atoms with Gasteiger partial charge in [0.2, 0.25) is 0 Å². The van der Waals surface area contributed by atoms with Crippen molar-refractivity contribution in [2.75, 3.05) is 0 Å². The lowest BCUT2D eigenvalue weighted by molar-refractivity contribution is 1.11. The molecule has 1 aromatic heterocycles. The van der Waals surface area contributed by atoms with Crippen molar-refractivity contribution in [2.45, 2.75) is 0 Å². The van der Waals surface area contributed by atoms with Gasteiger partial charge in [0, 0.05) is 9.86 Å². The van der Waals surface area contributed by atoms with Gasteiger partial charge in [-0.25, -0.2) is 0 Å². The molecule has 0 spiro atoms. The highest BCUT2D eigenvalue weighted by atomic mass is 79.9. The molecule has 0 aliphatic heterocycles. The van der Waals surface area contributed by atoms with Crippen molar-refractivity contribution in [1.29, 1.82) is 5.26 Å². The summed E-state index contributed by atoms with van der Waals surface area (Å²) < 4.78 is 1.03. The van der Waals surface area contributed by atoms with Gasteiger partial charge in [0.25, 0.3) is 0 Å². The predicted molar refractivity (Wildman–Crippen MR) is 83.9 cm³/mol. The van der Waals surface area contributed by atoms with Gasteiger partial charge in [0.05, 0.1) is 22.8 Å². The van der Waals surface area contributed by atoms with E-state index in [4.69, 9.17) is 5.26 Å².